The lowest BCUT2D eigenvalue weighted by Crippen LogP contribution is -2.15. The van der Waals surface area contributed by atoms with Crippen molar-refractivity contribution in [3.05, 3.63) is 467 Å². The van der Waals surface area contributed by atoms with Crippen LogP contribution >= 0.6 is 0 Å². The maximum atomic E-state index is 2.50. The number of hydrogen-bond acceptors (Lipinski definition) is 2. The lowest BCUT2D eigenvalue weighted by Gasteiger charge is -2.33. The second-order valence-corrected chi connectivity index (χ2v) is 39.7. The highest BCUT2D eigenvalue weighted by molar-refractivity contribution is 6.23. The Labute approximate surface area is 776 Å². The van der Waals surface area contributed by atoms with E-state index < -0.39 is 0 Å². The maximum Gasteiger partial charge on any atom is 0.0619 e. The fourth-order valence-corrected chi connectivity index (χ4v) is 23.7. The monoisotopic (exact) mass is 1690 g/mol. The molecule has 632 valence electrons. The summed E-state index contributed by atoms with van der Waals surface area (Å²) in [6, 6.07) is 152. The van der Waals surface area contributed by atoms with Crippen molar-refractivity contribution in [3.8, 4) is 134 Å². The van der Waals surface area contributed by atoms with Crippen LogP contribution in [0.3, 0.4) is 0 Å². The molecule has 2 heteroatoms. The molecule has 0 saturated carbocycles. The largest absolute Gasteiger partial charge is 0.309 e. The van der Waals surface area contributed by atoms with Crippen molar-refractivity contribution < 1.29 is 0 Å². The van der Waals surface area contributed by atoms with Crippen LogP contribution in [0.1, 0.15) is 122 Å². The number of anilines is 6. The molecule has 0 bridgehead atoms. The molecule has 0 amide bonds. The Kier molecular flexibility index (Phi) is 18.3. The smallest absolute Gasteiger partial charge is 0.0619 e. The standard InChI is InChI=1S/C130H102N2/c1-79-68-97(95-55-66-109-107-64-53-93(75-119(107)129(9,10)121(109)77-95)91-51-62-105-103-30-22-24-36-115(103)127(5,6)117(105)73-91)69-80(2)123(79)88-42-38-84(39-43-88)86-46-57-100(58-47-86)131(125-111-32-18-20-34-113(111)126(114-35-21-19-33-112(114)125)132(99-28-14-13-15-29-99)102-61-50-83-26-16-17-27-90(83)72-102)101-59-48-87(49-60-101)85-40-44-89(45-41-85)124-81(3)70-98(71-82(124)4)96-56-67-110-108-65-54-94(76-120(108)130(11,12)122(110)78-96)92-52-63-106-104-31-23-25-37-116(104)128(7,8)118(106)74-92/h13-78H,1-12H3. The minimum Gasteiger partial charge on any atom is -0.309 e. The predicted octanol–water partition coefficient (Wildman–Crippen LogP) is 35.9. The van der Waals surface area contributed by atoms with Gasteiger partial charge in [0.2, 0.25) is 0 Å². The minimum absolute atomic E-state index is 0.0532. The number of para-hydroxylation sites is 1. The number of nitrogens with zero attached hydrogens (tertiary/aromatic N) is 2. The van der Waals surface area contributed by atoms with E-state index in [0.717, 1.165) is 77.9 Å². The van der Waals surface area contributed by atoms with Gasteiger partial charge in [-0.1, -0.05) is 371 Å². The van der Waals surface area contributed by atoms with Gasteiger partial charge < -0.3 is 9.80 Å². The first kappa shape index (κ1) is 80.1. The number of rotatable bonds is 14. The lowest BCUT2D eigenvalue weighted by atomic mass is 9.80. The van der Waals surface area contributed by atoms with E-state index in [1.807, 2.05) is 0 Å². The van der Waals surface area contributed by atoms with E-state index in [1.54, 1.807) is 0 Å². The average Bonchev–Trinajstić information content (AvgIpc) is 1.43. The second-order valence-electron chi connectivity index (χ2n) is 39.7. The third-order valence-corrected chi connectivity index (χ3v) is 30.5. The summed E-state index contributed by atoms with van der Waals surface area (Å²) in [5.41, 5.74) is 52.7. The van der Waals surface area contributed by atoms with Gasteiger partial charge in [-0.05, 0) is 324 Å². The summed E-state index contributed by atoms with van der Waals surface area (Å²) in [7, 11) is 0. The van der Waals surface area contributed by atoms with Crippen LogP contribution < -0.4 is 9.80 Å². The van der Waals surface area contributed by atoms with Gasteiger partial charge in [-0.3, -0.25) is 0 Å². The first-order valence-corrected chi connectivity index (χ1v) is 46.9. The van der Waals surface area contributed by atoms with E-state index in [4.69, 9.17) is 0 Å². The van der Waals surface area contributed by atoms with Crippen molar-refractivity contribution in [1.29, 1.82) is 0 Å². The molecular formula is C130H102N2. The van der Waals surface area contributed by atoms with Crippen molar-refractivity contribution in [2.24, 2.45) is 0 Å². The van der Waals surface area contributed by atoms with E-state index >= 15 is 0 Å². The first-order valence-electron chi connectivity index (χ1n) is 46.9. The molecule has 2 nitrogen and oxygen atoms in total. The van der Waals surface area contributed by atoms with E-state index in [2.05, 4.69) is 493 Å². The van der Waals surface area contributed by atoms with Crippen LogP contribution in [-0.4, -0.2) is 0 Å². The van der Waals surface area contributed by atoms with Crippen molar-refractivity contribution in [2.45, 2.75) is 105 Å². The molecule has 0 aromatic heterocycles. The number of aryl methyl sites for hydroxylation is 4. The average molecular weight is 1690 g/mol. The molecule has 0 atom stereocenters. The quantitative estimate of drug-likeness (QED) is 0.0791. The molecule has 4 aliphatic rings. The molecule has 0 unspecified atom stereocenters. The molecule has 0 heterocycles. The summed E-state index contributed by atoms with van der Waals surface area (Å²) in [5, 5.41) is 6.98. The van der Waals surface area contributed by atoms with Gasteiger partial charge in [0.1, 0.15) is 0 Å². The molecule has 0 saturated heterocycles. The Morgan fingerprint density at radius 3 is 0.735 bits per heavy atom. The zero-order valence-corrected chi connectivity index (χ0v) is 77.0. The van der Waals surface area contributed by atoms with E-state index in [0.29, 0.717) is 0 Å². The van der Waals surface area contributed by atoms with Crippen LogP contribution in [0.5, 0.6) is 0 Å². The summed E-state index contributed by atoms with van der Waals surface area (Å²) in [5.74, 6) is 0. The van der Waals surface area contributed by atoms with Crippen LogP contribution in [0, 0.1) is 27.7 Å². The number of benzene rings is 20. The second kappa shape index (κ2) is 30.2. The van der Waals surface area contributed by atoms with Gasteiger partial charge in [-0.2, -0.15) is 0 Å². The Morgan fingerprint density at radius 1 is 0.159 bits per heavy atom. The SMILES string of the molecule is Cc1cc(-c2ccc3c(c2)C(C)(C)c2cc(-c4ccc5c(c4)C(C)(C)c4ccccc4-5)ccc2-3)cc(C)c1-c1ccc(-c2ccc(N(c3ccc(-c4ccc(-c5c(C)cc(-c6ccc7c(c6)C(C)(C)c6cc(-c8ccc9c(c8)C(C)(C)c8ccccc8-9)ccc6-7)cc5C)cc4)cc3)c3c4ccccc4c(N(c4ccccc4)c4ccc5ccccc5c4)c4ccccc34)cc2)cc1. The summed E-state index contributed by atoms with van der Waals surface area (Å²) < 4.78 is 0. The third kappa shape index (κ3) is 12.6. The van der Waals surface area contributed by atoms with Crippen LogP contribution in [0.25, 0.3) is 166 Å². The van der Waals surface area contributed by atoms with Crippen LogP contribution in [-0.2, 0) is 21.7 Å². The van der Waals surface area contributed by atoms with E-state index in [9.17, 15) is 0 Å². The Hall–Kier alpha value is -15.2. The zero-order valence-electron chi connectivity index (χ0n) is 77.0. The molecule has 0 radical (unpaired) electrons. The minimum atomic E-state index is -0.180. The van der Waals surface area contributed by atoms with E-state index in [1.165, 1.54) is 189 Å². The molecule has 0 fully saturated rings. The summed E-state index contributed by atoms with van der Waals surface area (Å²) in [4.78, 5) is 4.97. The molecule has 20 aromatic rings. The van der Waals surface area contributed by atoms with Crippen LogP contribution in [0.2, 0.25) is 0 Å². The summed E-state index contributed by atoms with van der Waals surface area (Å²) in [6.45, 7) is 28.3. The zero-order chi connectivity index (χ0) is 89.5. The van der Waals surface area contributed by atoms with Crippen molar-refractivity contribution in [1.82, 2.24) is 0 Å². The molecular weight excluding hydrogens is 1590 g/mol. The highest BCUT2D eigenvalue weighted by Gasteiger charge is 2.41. The number of hydrogen-bond donors (Lipinski definition) is 0. The number of fused-ring (bicyclic) bond motifs is 15. The molecule has 24 rings (SSSR count). The van der Waals surface area contributed by atoms with Crippen LogP contribution in [0.15, 0.2) is 400 Å². The molecule has 0 aliphatic heterocycles. The Balaban J connectivity index is 0.530. The predicted molar refractivity (Wildman–Crippen MR) is 561 cm³/mol. The normalized spacial score (nSPS) is 14.0. The van der Waals surface area contributed by atoms with Crippen molar-refractivity contribution in [3.63, 3.8) is 0 Å². The maximum absolute atomic E-state index is 2.50. The highest BCUT2D eigenvalue weighted by Crippen LogP contribution is 2.58. The van der Waals surface area contributed by atoms with Crippen molar-refractivity contribution in [2.75, 3.05) is 9.80 Å². The van der Waals surface area contributed by atoms with Gasteiger partial charge >= 0.3 is 0 Å². The first-order chi connectivity index (χ1) is 64.1. The molecule has 0 spiro atoms. The van der Waals surface area contributed by atoms with Gasteiger partial charge in [0.25, 0.3) is 0 Å². The molecule has 132 heavy (non-hydrogen) atoms. The van der Waals surface area contributed by atoms with Gasteiger partial charge in [0, 0.05) is 66.0 Å². The topological polar surface area (TPSA) is 6.48 Å². The van der Waals surface area contributed by atoms with E-state index in [-0.39, 0.29) is 21.7 Å². The van der Waals surface area contributed by atoms with Crippen molar-refractivity contribution >= 4 is 66.4 Å². The van der Waals surface area contributed by atoms with Gasteiger partial charge in [-0.15, -0.1) is 0 Å². The highest BCUT2D eigenvalue weighted by atomic mass is 15.2. The van der Waals surface area contributed by atoms with Crippen LogP contribution in [0.4, 0.5) is 34.1 Å². The van der Waals surface area contributed by atoms with Gasteiger partial charge in [0.15, 0.2) is 0 Å². The van der Waals surface area contributed by atoms with Gasteiger partial charge in [0.05, 0.1) is 11.4 Å². The lowest BCUT2D eigenvalue weighted by molar-refractivity contribution is 0.659. The summed E-state index contributed by atoms with van der Waals surface area (Å²) >= 11 is 0. The fourth-order valence-electron chi connectivity index (χ4n) is 23.7. The summed E-state index contributed by atoms with van der Waals surface area (Å²) in [6.07, 6.45) is 0. The molecule has 20 aromatic carbocycles. The molecule has 0 N–H and O–H groups in total. The Morgan fingerprint density at radius 2 is 0.394 bits per heavy atom. The van der Waals surface area contributed by atoms with Gasteiger partial charge in [-0.25, -0.2) is 0 Å². The third-order valence-electron chi connectivity index (χ3n) is 30.5. The molecule has 4 aliphatic carbocycles. The fraction of sp³-hybridized carbons (Fsp3) is 0.123. The Bertz CT molecular complexity index is 7730.